The molecular weight excluding hydrogens is 376 g/mol. The normalized spacial score (nSPS) is 22.1. The van der Waals surface area contributed by atoms with Gasteiger partial charge in [0, 0.05) is 58.3 Å². The lowest BCUT2D eigenvalue weighted by Crippen LogP contribution is -2.53. The number of nitrogens with zero attached hydrogens (tertiary/aromatic N) is 4. The van der Waals surface area contributed by atoms with Gasteiger partial charge in [-0.05, 0) is 30.7 Å². The summed E-state index contributed by atoms with van der Waals surface area (Å²) in [6, 6.07) is 4.10. The Morgan fingerprint density at radius 1 is 1.00 bits per heavy atom. The average Bonchev–Trinajstić information content (AvgIpc) is 3.40. The standard InChI is InChI=1S/C20H28N4O3S/c25-18-4-1-7-24(18)16-5-8-21(9-6-16)15-19(26)22-10-12-23(13-11-22)20(27)17-3-2-14-28-17/h2-3,14,16H,1,4-13,15H2. The highest BCUT2D eigenvalue weighted by Crippen LogP contribution is 2.22. The monoisotopic (exact) mass is 404 g/mol. The molecule has 7 nitrogen and oxygen atoms in total. The van der Waals surface area contributed by atoms with Crippen LogP contribution in [0.15, 0.2) is 17.5 Å². The van der Waals surface area contributed by atoms with E-state index in [-0.39, 0.29) is 11.8 Å². The molecular formula is C20H28N4O3S. The fraction of sp³-hybridized carbons (Fsp3) is 0.650. The van der Waals surface area contributed by atoms with Crippen LogP contribution in [0.5, 0.6) is 0 Å². The van der Waals surface area contributed by atoms with Gasteiger partial charge in [-0.15, -0.1) is 11.3 Å². The van der Waals surface area contributed by atoms with Gasteiger partial charge in [-0.1, -0.05) is 6.07 Å². The van der Waals surface area contributed by atoms with Crippen molar-refractivity contribution in [3.05, 3.63) is 22.4 Å². The Kier molecular flexibility index (Phi) is 5.96. The third-order valence-corrected chi connectivity index (χ3v) is 6.98. The summed E-state index contributed by atoms with van der Waals surface area (Å²) >= 11 is 1.46. The number of carbonyl (C=O) groups excluding carboxylic acids is 3. The first-order valence-corrected chi connectivity index (χ1v) is 11.1. The Bertz CT molecular complexity index is 707. The summed E-state index contributed by atoms with van der Waals surface area (Å²) in [6.07, 6.45) is 3.60. The highest BCUT2D eigenvalue weighted by Gasteiger charge is 2.32. The molecule has 0 aliphatic carbocycles. The lowest BCUT2D eigenvalue weighted by Gasteiger charge is -2.38. The topological polar surface area (TPSA) is 64.2 Å². The van der Waals surface area contributed by atoms with Crippen molar-refractivity contribution in [2.45, 2.75) is 31.7 Å². The van der Waals surface area contributed by atoms with Gasteiger partial charge in [0.1, 0.15) is 0 Å². The van der Waals surface area contributed by atoms with Crippen LogP contribution < -0.4 is 0 Å². The molecule has 3 aliphatic rings. The molecule has 3 fully saturated rings. The van der Waals surface area contributed by atoms with Crippen molar-refractivity contribution in [2.24, 2.45) is 0 Å². The van der Waals surface area contributed by atoms with E-state index in [4.69, 9.17) is 0 Å². The molecule has 0 bridgehead atoms. The van der Waals surface area contributed by atoms with E-state index in [1.807, 2.05) is 32.2 Å². The molecule has 3 aliphatic heterocycles. The fourth-order valence-electron chi connectivity index (χ4n) is 4.45. The first-order chi connectivity index (χ1) is 13.6. The molecule has 3 amide bonds. The first-order valence-electron chi connectivity index (χ1n) is 10.2. The summed E-state index contributed by atoms with van der Waals surface area (Å²) in [7, 11) is 0. The van der Waals surface area contributed by atoms with Gasteiger partial charge in [0.05, 0.1) is 11.4 Å². The number of thiophene rings is 1. The van der Waals surface area contributed by atoms with Crippen molar-refractivity contribution in [1.82, 2.24) is 19.6 Å². The molecule has 1 aromatic rings. The summed E-state index contributed by atoms with van der Waals surface area (Å²) in [6.45, 7) is 5.50. The molecule has 0 atom stereocenters. The van der Waals surface area contributed by atoms with Gasteiger partial charge >= 0.3 is 0 Å². The number of hydrogen-bond acceptors (Lipinski definition) is 5. The van der Waals surface area contributed by atoms with Gasteiger partial charge < -0.3 is 14.7 Å². The smallest absolute Gasteiger partial charge is 0.264 e. The fourth-order valence-corrected chi connectivity index (χ4v) is 5.14. The van der Waals surface area contributed by atoms with Crippen LogP contribution >= 0.6 is 11.3 Å². The number of piperidine rings is 1. The largest absolute Gasteiger partial charge is 0.340 e. The summed E-state index contributed by atoms with van der Waals surface area (Å²) in [4.78, 5) is 45.7. The molecule has 3 saturated heterocycles. The number of piperazine rings is 1. The van der Waals surface area contributed by atoms with Crippen LogP contribution in [0, 0.1) is 0 Å². The molecule has 0 spiro atoms. The number of amides is 3. The zero-order valence-corrected chi connectivity index (χ0v) is 17.0. The number of carbonyl (C=O) groups is 3. The highest BCUT2D eigenvalue weighted by molar-refractivity contribution is 7.12. The van der Waals surface area contributed by atoms with Crippen LogP contribution in [-0.4, -0.2) is 95.7 Å². The van der Waals surface area contributed by atoms with Crippen LogP contribution in [0.1, 0.15) is 35.4 Å². The van der Waals surface area contributed by atoms with Gasteiger partial charge in [0.2, 0.25) is 11.8 Å². The third-order valence-electron chi connectivity index (χ3n) is 6.12. The molecule has 0 aromatic carbocycles. The lowest BCUT2D eigenvalue weighted by molar-refractivity contribution is -0.135. The van der Waals surface area contributed by atoms with Crippen molar-refractivity contribution in [3.63, 3.8) is 0 Å². The Morgan fingerprint density at radius 3 is 2.32 bits per heavy atom. The van der Waals surface area contributed by atoms with Crippen molar-refractivity contribution in [3.8, 4) is 0 Å². The predicted octanol–water partition coefficient (Wildman–Crippen LogP) is 1.12. The molecule has 4 rings (SSSR count). The minimum Gasteiger partial charge on any atom is -0.340 e. The number of likely N-dealkylation sites (tertiary alicyclic amines) is 2. The molecule has 8 heteroatoms. The second-order valence-electron chi connectivity index (χ2n) is 7.85. The maximum absolute atomic E-state index is 12.7. The average molecular weight is 405 g/mol. The van der Waals surface area contributed by atoms with Gasteiger partial charge in [-0.2, -0.15) is 0 Å². The molecule has 4 heterocycles. The van der Waals surface area contributed by atoms with Gasteiger partial charge in [0.25, 0.3) is 5.91 Å². The Balaban J connectivity index is 1.20. The summed E-state index contributed by atoms with van der Waals surface area (Å²) in [5.74, 6) is 0.518. The van der Waals surface area contributed by atoms with E-state index >= 15 is 0 Å². The van der Waals surface area contributed by atoms with E-state index in [2.05, 4.69) is 4.90 Å². The molecule has 28 heavy (non-hydrogen) atoms. The Labute approximate surface area is 169 Å². The predicted molar refractivity (Wildman–Crippen MR) is 107 cm³/mol. The second-order valence-corrected chi connectivity index (χ2v) is 8.80. The summed E-state index contributed by atoms with van der Waals surface area (Å²) < 4.78 is 0. The summed E-state index contributed by atoms with van der Waals surface area (Å²) in [5.41, 5.74) is 0. The van der Waals surface area contributed by atoms with E-state index in [0.29, 0.717) is 51.1 Å². The van der Waals surface area contributed by atoms with Crippen molar-refractivity contribution in [1.29, 1.82) is 0 Å². The SMILES string of the molecule is O=C(CN1CCC(N2CCCC2=O)CC1)N1CCN(C(=O)c2cccs2)CC1. The van der Waals surface area contributed by atoms with Gasteiger partial charge in [-0.25, -0.2) is 0 Å². The van der Waals surface area contributed by atoms with E-state index in [9.17, 15) is 14.4 Å². The minimum atomic E-state index is 0.0700. The third kappa shape index (κ3) is 4.22. The van der Waals surface area contributed by atoms with Crippen LogP contribution in [-0.2, 0) is 9.59 Å². The highest BCUT2D eigenvalue weighted by atomic mass is 32.1. The van der Waals surface area contributed by atoms with Crippen molar-refractivity contribution in [2.75, 3.05) is 52.4 Å². The molecule has 0 radical (unpaired) electrons. The minimum absolute atomic E-state index is 0.0700. The second kappa shape index (κ2) is 8.61. The first kappa shape index (κ1) is 19.4. The van der Waals surface area contributed by atoms with Crippen molar-refractivity contribution < 1.29 is 14.4 Å². The zero-order valence-electron chi connectivity index (χ0n) is 16.2. The lowest BCUT2D eigenvalue weighted by atomic mass is 10.0. The van der Waals surface area contributed by atoms with E-state index in [1.54, 1.807) is 0 Å². The molecule has 0 unspecified atom stereocenters. The maximum Gasteiger partial charge on any atom is 0.264 e. The van der Waals surface area contributed by atoms with Crippen LogP contribution in [0.25, 0.3) is 0 Å². The molecule has 0 saturated carbocycles. The van der Waals surface area contributed by atoms with Crippen LogP contribution in [0.3, 0.4) is 0 Å². The number of rotatable bonds is 4. The van der Waals surface area contributed by atoms with E-state index < -0.39 is 0 Å². The molecule has 0 N–H and O–H groups in total. The van der Waals surface area contributed by atoms with Crippen LogP contribution in [0.4, 0.5) is 0 Å². The maximum atomic E-state index is 12.7. The van der Waals surface area contributed by atoms with E-state index in [1.165, 1.54) is 11.3 Å². The van der Waals surface area contributed by atoms with Crippen LogP contribution in [0.2, 0.25) is 0 Å². The Morgan fingerprint density at radius 2 is 1.71 bits per heavy atom. The quantitative estimate of drug-likeness (QED) is 0.754. The van der Waals surface area contributed by atoms with Gasteiger partial charge in [0.15, 0.2) is 0 Å². The molecule has 152 valence electrons. The van der Waals surface area contributed by atoms with Gasteiger partial charge in [-0.3, -0.25) is 19.3 Å². The van der Waals surface area contributed by atoms with Crippen molar-refractivity contribution >= 4 is 29.1 Å². The molecule has 1 aromatic heterocycles. The summed E-state index contributed by atoms with van der Waals surface area (Å²) in [5, 5.41) is 1.91. The zero-order chi connectivity index (χ0) is 19.5. The number of hydrogen-bond donors (Lipinski definition) is 0. The van der Waals surface area contributed by atoms with E-state index in [0.717, 1.165) is 43.8 Å². The Hall–Kier alpha value is -1.93.